The van der Waals surface area contributed by atoms with Gasteiger partial charge in [0.25, 0.3) is 0 Å². The second kappa shape index (κ2) is 4.89. The van der Waals surface area contributed by atoms with Crippen molar-refractivity contribution in [2.24, 2.45) is 17.8 Å². The molecule has 2 aliphatic carbocycles. The molecule has 0 aliphatic heterocycles. The van der Waals surface area contributed by atoms with Gasteiger partial charge in [0.05, 0.1) is 11.3 Å². The van der Waals surface area contributed by atoms with Crippen molar-refractivity contribution in [2.75, 3.05) is 5.32 Å². The first-order valence-electron chi connectivity index (χ1n) is 7.30. The van der Waals surface area contributed by atoms with E-state index >= 15 is 0 Å². The van der Waals surface area contributed by atoms with E-state index in [4.69, 9.17) is 0 Å². The summed E-state index contributed by atoms with van der Waals surface area (Å²) in [5.41, 5.74) is 1.65. The summed E-state index contributed by atoms with van der Waals surface area (Å²) < 4.78 is 4.32. The van der Waals surface area contributed by atoms with Gasteiger partial charge in [-0.3, -0.25) is 4.79 Å². The number of carbonyl (C=O) groups is 1. The minimum atomic E-state index is 0.119. The van der Waals surface area contributed by atoms with Crippen molar-refractivity contribution in [1.29, 1.82) is 0 Å². The van der Waals surface area contributed by atoms with Gasteiger partial charge in [-0.2, -0.15) is 4.37 Å². The normalized spacial score (nSPS) is 30.6. The van der Waals surface area contributed by atoms with Gasteiger partial charge in [-0.25, -0.2) is 0 Å². The van der Waals surface area contributed by atoms with E-state index in [0.717, 1.165) is 34.0 Å². The quantitative estimate of drug-likeness (QED) is 0.850. The van der Waals surface area contributed by atoms with Gasteiger partial charge in [-0.05, 0) is 69.3 Å². The summed E-state index contributed by atoms with van der Waals surface area (Å²) in [4.78, 5) is 11.7. The van der Waals surface area contributed by atoms with Crippen molar-refractivity contribution in [3.8, 4) is 0 Å². The molecular formula is C15H22N2OS. The summed E-state index contributed by atoms with van der Waals surface area (Å²) in [6.45, 7) is 5.81. The Morgan fingerprint density at radius 1 is 1.42 bits per heavy atom. The summed E-state index contributed by atoms with van der Waals surface area (Å²) >= 11 is 1.43. The second-order valence-electron chi connectivity index (χ2n) is 6.30. The van der Waals surface area contributed by atoms with Crippen molar-refractivity contribution in [2.45, 2.75) is 52.5 Å². The van der Waals surface area contributed by atoms with E-state index in [9.17, 15) is 4.79 Å². The molecule has 19 heavy (non-hydrogen) atoms. The molecule has 0 radical (unpaired) electrons. The largest absolute Gasteiger partial charge is 0.372 e. The molecule has 1 N–H and O–H groups in total. The topological polar surface area (TPSA) is 42.0 Å². The van der Waals surface area contributed by atoms with E-state index in [2.05, 4.69) is 16.6 Å². The Labute approximate surface area is 119 Å². The fourth-order valence-electron chi connectivity index (χ4n) is 4.10. The number of Topliss-reactive ketones (excluding diaryl/α,β-unsaturated/α-hetero) is 1. The molecule has 104 valence electrons. The van der Waals surface area contributed by atoms with Crippen molar-refractivity contribution >= 4 is 22.3 Å². The maximum atomic E-state index is 11.7. The summed E-state index contributed by atoms with van der Waals surface area (Å²) in [6, 6.07) is 0.452. The van der Waals surface area contributed by atoms with Gasteiger partial charge in [0.1, 0.15) is 5.00 Å². The van der Waals surface area contributed by atoms with Gasteiger partial charge in [0, 0.05) is 6.04 Å². The first-order valence-corrected chi connectivity index (χ1v) is 8.07. The summed E-state index contributed by atoms with van der Waals surface area (Å²) in [5.74, 6) is 2.77. The predicted molar refractivity (Wildman–Crippen MR) is 78.9 cm³/mol. The number of anilines is 1. The molecule has 1 aromatic rings. The number of hydrogen-bond donors (Lipinski definition) is 1. The minimum Gasteiger partial charge on any atom is -0.372 e. The van der Waals surface area contributed by atoms with E-state index in [1.54, 1.807) is 6.92 Å². The maximum Gasteiger partial charge on any atom is 0.164 e. The van der Waals surface area contributed by atoms with Crippen LogP contribution in [0.15, 0.2) is 0 Å². The summed E-state index contributed by atoms with van der Waals surface area (Å²) in [6.07, 6.45) is 5.64. The Morgan fingerprint density at radius 2 is 2.21 bits per heavy atom. The van der Waals surface area contributed by atoms with Crippen LogP contribution in [0.3, 0.4) is 0 Å². The molecule has 0 spiro atoms. The average molecular weight is 278 g/mol. The van der Waals surface area contributed by atoms with Crippen molar-refractivity contribution < 1.29 is 4.79 Å². The smallest absolute Gasteiger partial charge is 0.164 e. The fraction of sp³-hybridized carbons (Fsp3) is 0.733. The first kappa shape index (κ1) is 13.1. The SMILES string of the molecule is CC(=O)c1c(C)nsc1NC(C)C1CC2CCC1C2. The van der Waals surface area contributed by atoms with Crippen LogP contribution in [0.1, 0.15) is 55.6 Å². The standard InChI is InChI=1S/C15H22N2OS/c1-8(13-7-11-4-5-12(13)6-11)16-15-14(10(3)18)9(2)17-19-15/h8,11-13,16H,4-7H2,1-3H3. The van der Waals surface area contributed by atoms with Gasteiger partial charge in [-0.15, -0.1) is 0 Å². The molecule has 0 aromatic carbocycles. The van der Waals surface area contributed by atoms with Crippen LogP contribution in [0.2, 0.25) is 0 Å². The van der Waals surface area contributed by atoms with Crippen LogP contribution in [0.5, 0.6) is 0 Å². The Morgan fingerprint density at radius 3 is 2.79 bits per heavy atom. The molecule has 4 unspecified atom stereocenters. The molecule has 4 atom stereocenters. The van der Waals surface area contributed by atoms with Crippen molar-refractivity contribution in [1.82, 2.24) is 4.37 Å². The Bertz CT molecular complexity index is 496. The fourth-order valence-corrected chi connectivity index (χ4v) is 5.04. The molecule has 1 aromatic heterocycles. The third-order valence-electron chi connectivity index (χ3n) is 5.01. The number of carbonyl (C=O) groups excluding carboxylic acids is 1. The van der Waals surface area contributed by atoms with E-state index in [1.165, 1.54) is 37.2 Å². The molecule has 0 saturated heterocycles. The zero-order valence-corrected chi connectivity index (χ0v) is 12.7. The summed E-state index contributed by atoms with van der Waals surface area (Å²) in [7, 11) is 0. The van der Waals surface area contributed by atoms with E-state index < -0.39 is 0 Å². The molecule has 0 amide bonds. The van der Waals surface area contributed by atoms with Crippen LogP contribution in [-0.2, 0) is 0 Å². The number of nitrogens with zero attached hydrogens (tertiary/aromatic N) is 1. The van der Waals surface area contributed by atoms with Crippen molar-refractivity contribution in [3.63, 3.8) is 0 Å². The van der Waals surface area contributed by atoms with E-state index in [1.807, 2.05) is 6.92 Å². The number of rotatable bonds is 4. The lowest BCUT2D eigenvalue weighted by molar-refractivity contribution is 0.101. The number of aryl methyl sites for hydroxylation is 1. The summed E-state index contributed by atoms with van der Waals surface area (Å²) in [5, 5.41) is 4.55. The third kappa shape index (κ3) is 2.31. The Balaban J connectivity index is 1.73. The van der Waals surface area contributed by atoms with Gasteiger partial charge in [0.2, 0.25) is 0 Å². The molecular weight excluding hydrogens is 256 g/mol. The lowest BCUT2D eigenvalue weighted by atomic mass is 9.84. The first-order chi connectivity index (χ1) is 9.06. The Hall–Kier alpha value is -0.900. The molecule has 3 rings (SSSR count). The van der Waals surface area contributed by atoms with Crippen LogP contribution in [-0.4, -0.2) is 16.2 Å². The lowest BCUT2D eigenvalue weighted by Gasteiger charge is -2.28. The highest BCUT2D eigenvalue weighted by Gasteiger charge is 2.42. The molecule has 2 saturated carbocycles. The molecule has 2 aliphatic rings. The van der Waals surface area contributed by atoms with E-state index in [-0.39, 0.29) is 5.78 Å². The van der Waals surface area contributed by atoms with Crippen LogP contribution >= 0.6 is 11.5 Å². The number of fused-ring (bicyclic) bond motifs is 2. The number of nitrogens with one attached hydrogen (secondary N) is 1. The monoisotopic (exact) mass is 278 g/mol. The zero-order chi connectivity index (χ0) is 13.6. The number of hydrogen-bond acceptors (Lipinski definition) is 4. The average Bonchev–Trinajstić information content (AvgIpc) is 3.04. The van der Waals surface area contributed by atoms with Gasteiger partial charge >= 0.3 is 0 Å². The maximum absolute atomic E-state index is 11.7. The highest BCUT2D eigenvalue weighted by molar-refractivity contribution is 7.10. The van der Waals surface area contributed by atoms with Crippen LogP contribution < -0.4 is 5.32 Å². The Kier molecular flexibility index (Phi) is 3.37. The molecule has 4 heteroatoms. The van der Waals surface area contributed by atoms with Gasteiger partial charge in [-0.1, -0.05) is 6.42 Å². The van der Waals surface area contributed by atoms with Crippen LogP contribution in [0.25, 0.3) is 0 Å². The number of aromatic nitrogens is 1. The highest BCUT2D eigenvalue weighted by Crippen LogP contribution is 2.50. The van der Waals surface area contributed by atoms with E-state index in [0.29, 0.717) is 6.04 Å². The highest BCUT2D eigenvalue weighted by atomic mass is 32.1. The molecule has 2 fully saturated rings. The second-order valence-corrected chi connectivity index (χ2v) is 7.07. The third-order valence-corrected chi connectivity index (χ3v) is 5.88. The molecule has 2 bridgehead atoms. The lowest BCUT2D eigenvalue weighted by Crippen LogP contribution is -2.30. The minimum absolute atomic E-state index is 0.119. The molecule has 1 heterocycles. The predicted octanol–water partition coefficient (Wildman–Crippen LogP) is 3.89. The van der Waals surface area contributed by atoms with Gasteiger partial charge < -0.3 is 5.32 Å². The van der Waals surface area contributed by atoms with Crippen molar-refractivity contribution in [3.05, 3.63) is 11.3 Å². The van der Waals surface area contributed by atoms with Crippen LogP contribution in [0.4, 0.5) is 5.00 Å². The zero-order valence-electron chi connectivity index (χ0n) is 11.9. The molecule has 3 nitrogen and oxygen atoms in total. The van der Waals surface area contributed by atoms with Gasteiger partial charge in [0.15, 0.2) is 5.78 Å². The van der Waals surface area contributed by atoms with Crippen LogP contribution in [0, 0.1) is 24.7 Å². The number of ketones is 1.